The molecule has 1 aromatic carbocycles. The summed E-state index contributed by atoms with van der Waals surface area (Å²) in [5.74, 6) is 2.05. The summed E-state index contributed by atoms with van der Waals surface area (Å²) >= 11 is 0. The standard InChI is InChI=1S/C15H15FN4O/c1-10(15-18-9-19-20-15)17-8-13-6-7-14(21-13)11-2-4-12(16)5-3-11/h2-7,9-10,17H,8H2,1H3,(H,18,19,20). The molecular formula is C15H15FN4O. The molecule has 2 aromatic heterocycles. The summed E-state index contributed by atoms with van der Waals surface area (Å²) < 4.78 is 18.6. The largest absolute Gasteiger partial charge is 0.460 e. The number of furan rings is 1. The summed E-state index contributed by atoms with van der Waals surface area (Å²) in [6.07, 6.45) is 1.48. The van der Waals surface area contributed by atoms with Gasteiger partial charge in [0.1, 0.15) is 29.5 Å². The van der Waals surface area contributed by atoms with Gasteiger partial charge in [0.2, 0.25) is 0 Å². The van der Waals surface area contributed by atoms with E-state index < -0.39 is 0 Å². The molecule has 0 saturated carbocycles. The van der Waals surface area contributed by atoms with Crippen LogP contribution in [0.2, 0.25) is 0 Å². The van der Waals surface area contributed by atoms with Crippen molar-refractivity contribution in [2.24, 2.45) is 0 Å². The zero-order chi connectivity index (χ0) is 14.7. The van der Waals surface area contributed by atoms with E-state index >= 15 is 0 Å². The van der Waals surface area contributed by atoms with Crippen molar-refractivity contribution in [3.63, 3.8) is 0 Å². The number of H-pyrrole nitrogens is 1. The molecule has 0 fully saturated rings. The van der Waals surface area contributed by atoms with Gasteiger partial charge >= 0.3 is 0 Å². The van der Waals surface area contributed by atoms with Gasteiger partial charge < -0.3 is 9.73 Å². The molecule has 21 heavy (non-hydrogen) atoms. The number of aromatic nitrogens is 3. The first kappa shape index (κ1) is 13.5. The maximum atomic E-state index is 12.9. The van der Waals surface area contributed by atoms with Crippen molar-refractivity contribution in [2.75, 3.05) is 0 Å². The van der Waals surface area contributed by atoms with E-state index in [1.165, 1.54) is 18.5 Å². The lowest BCUT2D eigenvalue weighted by atomic mass is 10.2. The van der Waals surface area contributed by atoms with Crippen molar-refractivity contribution >= 4 is 0 Å². The average Bonchev–Trinajstić information content (AvgIpc) is 3.17. The van der Waals surface area contributed by atoms with E-state index in [9.17, 15) is 4.39 Å². The van der Waals surface area contributed by atoms with Crippen LogP contribution in [0.3, 0.4) is 0 Å². The van der Waals surface area contributed by atoms with Crippen molar-refractivity contribution in [3.05, 3.63) is 60.1 Å². The highest BCUT2D eigenvalue weighted by molar-refractivity contribution is 5.57. The summed E-state index contributed by atoms with van der Waals surface area (Å²) in [6.45, 7) is 2.56. The lowest BCUT2D eigenvalue weighted by Gasteiger charge is -2.08. The number of hydrogen-bond donors (Lipinski definition) is 2. The second kappa shape index (κ2) is 5.88. The summed E-state index contributed by atoms with van der Waals surface area (Å²) in [6, 6.07) is 10.1. The van der Waals surface area contributed by atoms with Crippen molar-refractivity contribution in [2.45, 2.75) is 19.5 Å². The molecule has 0 aliphatic rings. The molecule has 0 bridgehead atoms. The Morgan fingerprint density at radius 3 is 2.76 bits per heavy atom. The van der Waals surface area contributed by atoms with Gasteiger partial charge in [-0.2, -0.15) is 5.10 Å². The van der Waals surface area contributed by atoms with E-state index in [1.54, 1.807) is 12.1 Å². The van der Waals surface area contributed by atoms with Crippen LogP contribution in [0.5, 0.6) is 0 Å². The zero-order valence-electron chi connectivity index (χ0n) is 11.5. The Bertz CT molecular complexity index is 691. The maximum Gasteiger partial charge on any atom is 0.141 e. The van der Waals surface area contributed by atoms with E-state index in [-0.39, 0.29) is 11.9 Å². The zero-order valence-corrected chi connectivity index (χ0v) is 11.5. The molecule has 1 atom stereocenters. The molecule has 0 aliphatic carbocycles. The van der Waals surface area contributed by atoms with Crippen LogP contribution in [0.15, 0.2) is 47.1 Å². The van der Waals surface area contributed by atoms with Gasteiger partial charge in [-0.15, -0.1) is 0 Å². The van der Waals surface area contributed by atoms with Gasteiger partial charge in [0, 0.05) is 5.56 Å². The molecule has 6 heteroatoms. The van der Waals surface area contributed by atoms with Gasteiger partial charge in [-0.3, -0.25) is 5.10 Å². The molecular weight excluding hydrogens is 271 g/mol. The van der Waals surface area contributed by atoms with Gasteiger partial charge in [0.05, 0.1) is 12.6 Å². The van der Waals surface area contributed by atoms with Crippen LogP contribution >= 0.6 is 0 Å². The molecule has 2 N–H and O–H groups in total. The van der Waals surface area contributed by atoms with Crippen molar-refractivity contribution in [3.8, 4) is 11.3 Å². The quantitative estimate of drug-likeness (QED) is 0.756. The second-order valence-corrected chi connectivity index (χ2v) is 4.75. The number of benzene rings is 1. The van der Waals surface area contributed by atoms with Crippen LogP contribution in [0, 0.1) is 5.82 Å². The minimum Gasteiger partial charge on any atom is -0.460 e. The highest BCUT2D eigenvalue weighted by atomic mass is 19.1. The van der Waals surface area contributed by atoms with Crippen LogP contribution in [-0.2, 0) is 6.54 Å². The predicted octanol–water partition coefficient (Wildman–Crippen LogP) is 3.05. The normalized spacial score (nSPS) is 12.5. The Labute approximate surface area is 121 Å². The highest BCUT2D eigenvalue weighted by Crippen LogP contribution is 2.22. The average molecular weight is 286 g/mol. The smallest absolute Gasteiger partial charge is 0.141 e. The molecule has 0 spiro atoms. The molecule has 0 amide bonds. The van der Waals surface area contributed by atoms with E-state index in [0.29, 0.717) is 6.54 Å². The first-order valence-electron chi connectivity index (χ1n) is 6.65. The van der Waals surface area contributed by atoms with Crippen LogP contribution < -0.4 is 5.32 Å². The third kappa shape index (κ3) is 3.17. The summed E-state index contributed by atoms with van der Waals surface area (Å²) in [7, 11) is 0. The minimum absolute atomic E-state index is 0.0480. The number of halogens is 1. The number of nitrogens with zero attached hydrogens (tertiary/aromatic N) is 2. The summed E-state index contributed by atoms with van der Waals surface area (Å²) in [5.41, 5.74) is 0.853. The van der Waals surface area contributed by atoms with Crippen molar-refractivity contribution in [1.82, 2.24) is 20.5 Å². The maximum absolute atomic E-state index is 12.9. The van der Waals surface area contributed by atoms with E-state index in [0.717, 1.165) is 22.9 Å². The van der Waals surface area contributed by atoms with Gasteiger partial charge in [0.15, 0.2) is 0 Å². The number of aromatic amines is 1. The SMILES string of the molecule is CC(NCc1ccc(-c2ccc(F)cc2)o1)c1ncn[nH]1. The molecule has 2 heterocycles. The van der Waals surface area contributed by atoms with E-state index in [4.69, 9.17) is 4.42 Å². The van der Waals surface area contributed by atoms with Gasteiger partial charge in [0.25, 0.3) is 0 Å². The molecule has 0 radical (unpaired) electrons. The molecule has 3 rings (SSSR count). The first-order chi connectivity index (χ1) is 10.2. The number of hydrogen-bond acceptors (Lipinski definition) is 4. The van der Waals surface area contributed by atoms with Crippen LogP contribution in [0.25, 0.3) is 11.3 Å². The fourth-order valence-corrected chi connectivity index (χ4v) is 2.02. The highest BCUT2D eigenvalue weighted by Gasteiger charge is 2.10. The third-order valence-electron chi connectivity index (χ3n) is 3.22. The number of nitrogens with one attached hydrogen (secondary N) is 2. The Morgan fingerprint density at radius 1 is 1.24 bits per heavy atom. The van der Waals surface area contributed by atoms with Crippen molar-refractivity contribution in [1.29, 1.82) is 0 Å². The predicted molar refractivity (Wildman–Crippen MR) is 75.7 cm³/mol. The lowest BCUT2D eigenvalue weighted by Crippen LogP contribution is -2.18. The van der Waals surface area contributed by atoms with Gasteiger partial charge in [-0.1, -0.05) is 0 Å². The first-order valence-corrected chi connectivity index (χ1v) is 6.65. The summed E-state index contributed by atoms with van der Waals surface area (Å²) in [5, 5.41) is 9.93. The Kier molecular flexibility index (Phi) is 3.79. The fraction of sp³-hybridized carbons (Fsp3) is 0.200. The Morgan fingerprint density at radius 2 is 2.05 bits per heavy atom. The van der Waals surface area contributed by atoms with Crippen LogP contribution in [0.4, 0.5) is 4.39 Å². The van der Waals surface area contributed by atoms with Crippen LogP contribution in [-0.4, -0.2) is 15.2 Å². The third-order valence-corrected chi connectivity index (χ3v) is 3.22. The van der Waals surface area contributed by atoms with Gasteiger partial charge in [-0.25, -0.2) is 9.37 Å². The fourth-order valence-electron chi connectivity index (χ4n) is 2.02. The molecule has 0 aliphatic heterocycles. The topological polar surface area (TPSA) is 66.7 Å². The molecule has 5 nitrogen and oxygen atoms in total. The molecule has 1 unspecified atom stereocenters. The van der Waals surface area contributed by atoms with E-state index in [2.05, 4.69) is 20.5 Å². The lowest BCUT2D eigenvalue weighted by molar-refractivity contribution is 0.461. The monoisotopic (exact) mass is 286 g/mol. The van der Waals surface area contributed by atoms with Crippen LogP contribution in [0.1, 0.15) is 24.6 Å². The molecule has 108 valence electrons. The Hall–Kier alpha value is -2.47. The molecule has 3 aromatic rings. The molecule has 0 saturated heterocycles. The van der Waals surface area contributed by atoms with Crippen molar-refractivity contribution < 1.29 is 8.81 Å². The number of rotatable bonds is 5. The Balaban J connectivity index is 1.64. The van der Waals surface area contributed by atoms with Gasteiger partial charge in [-0.05, 0) is 43.3 Å². The second-order valence-electron chi connectivity index (χ2n) is 4.75. The summed E-state index contributed by atoms with van der Waals surface area (Å²) in [4.78, 5) is 4.09. The minimum atomic E-state index is -0.256. The van der Waals surface area contributed by atoms with E-state index in [1.807, 2.05) is 19.1 Å².